The highest BCUT2D eigenvalue weighted by Crippen LogP contribution is 2.36. The minimum absolute atomic E-state index is 0.214. The van der Waals surface area contributed by atoms with E-state index in [0.29, 0.717) is 18.1 Å². The zero-order valence-electron chi connectivity index (χ0n) is 17.4. The maximum atomic E-state index is 14.6. The van der Waals surface area contributed by atoms with Crippen molar-refractivity contribution in [1.29, 1.82) is 0 Å². The third-order valence-electron chi connectivity index (χ3n) is 6.05. The normalized spacial score (nSPS) is 15.8. The lowest BCUT2D eigenvalue weighted by Crippen LogP contribution is -2.35. The highest BCUT2D eigenvalue weighted by atomic mass is 32.2. The van der Waals surface area contributed by atoms with Gasteiger partial charge in [-0.05, 0) is 77.7 Å². The summed E-state index contributed by atoms with van der Waals surface area (Å²) in [6.45, 7) is 0.669. The van der Waals surface area contributed by atoms with Gasteiger partial charge < -0.3 is 10.3 Å². The first kappa shape index (κ1) is 21.2. The zero-order valence-corrected chi connectivity index (χ0v) is 18.2. The molecule has 1 atom stereocenters. The number of aromatic amines is 1. The summed E-state index contributed by atoms with van der Waals surface area (Å²) in [5.41, 5.74) is 4.47. The van der Waals surface area contributed by atoms with Gasteiger partial charge in [0.05, 0.1) is 5.52 Å². The van der Waals surface area contributed by atoms with Gasteiger partial charge in [-0.3, -0.25) is 0 Å². The lowest BCUT2D eigenvalue weighted by Gasteiger charge is -2.24. The molecular formula is C26H23F3N2S. The van der Waals surface area contributed by atoms with Crippen LogP contribution >= 0.6 is 11.8 Å². The summed E-state index contributed by atoms with van der Waals surface area (Å²) in [6.07, 6.45) is 2.86. The molecule has 6 heteroatoms. The van der Waals surface area contributed by atoms with Crippen molar-refractivity contribution in [2.24, 2.45) is 0 Å². The van der Waals surface area contributed by atoms with Gasteiger partial charge in [-0.1, -0.05) is 18.2 Å². The van der Waals surface area contributed by atoms with Crippen LogP contribution in [0.15, 0.2) is 65.6 Å². The quantitative estimate of drug-likeness (QED) is 0.248. The number of benzene rings is 3. The summed E-state index contributed by atoms with van der Waals surface area (Å²) >= 11 is 1.73. The van der Waals surface area contributed by atoms with Crippen LogP contribution in [0, 0.1) is 17.5 Å². The van der Waals surface area contributed by atoms with Crippen LogP contribution in [-0.2, 0) is 13.0 Å². The standard InChI is InChI=1S/C26H23F3N2S/c27-17-5-3-16(4-6-17)21-11-12-23(29)26-25(21)22-15-30-19(14-24(22)31-26)2-1-13-32-20-9-7-18(28)8-10-20/h3-12,19,30-31H,1-2,13-15H2. The van der Waals surface area contributed by atoms with Crippen molar-refractivity contribution < 1.29 is 13.2 Å². The third kappa shape index (κ3) is 4.30. The lowest BCUT2D eigenvalue weighted by molar-refractivity contribution is 0.447. The molecular weight excluding hydrogens is 429 g/mol. The Hall–Kier alpha value is -2.70. The monoisotopic (exact) mass is 452 g/mol. The number of fused-ring (bicyclic) bond motifs is 3. The molecule has 1 unspecified atom stereocenters. The maximum Gasteiger partial charge on any atom is 0.147 e. The van der Waals surface area contributed by atoms with Crippen LogP contribution < -0.4 is 5.32 Å². The summed E-state index contributed by atoms with van der Waals surface area (Å²) in [6, 6.07) is 16.5. The van der Waals surface area contributed by atoms with Crippen molar-refractivity contribution in [2.45, 2.75) is 36.7 Å². The van der Waals surface area contributed by atoms with Gasteiger partial charge in [0, 0.05) is 35.0 Å². The second-order valence-corrected chi connectivity index (χ2v) is 9.33. The topological polar surface area (TPSA) is 27.8 Å². The van der Waals surface area contributed by atoms with Crippen LogP contribution in [0.25, 0.3) is 22.0 Å². The maximum absolute atomic E-state index is 14.6. The van der Waals surface area contributed by atoms with Crippen LogP contribution in [-0.4, -0.2) is 16.8 Å². The number of thioether (sulfide) groups is 1. The number of hydrogen-bond acceptors (Lipinski definition) is 2. The van der Waals surface area contributed by atoms with Gasteiger partial charge in [-0.25, -0.2) is 13.2 Å². The molecule has 2 nitrogen and oxygen atoms in total. The van der Waals surface area contributed by atoms with Gasteiger partial charge in [0.1, 0.15) is 17.5 Å². The first-order chi connectivity index (χ1) is 15.6. The second kappa shape index (κ2) is 9.04. The van der Waals surface area contributed by atoms with Crippen LogP contribution in [0.5, 0.6) is 0 Å². The Morgan fingerprint density at radius 2 is 1.59 bits per heavy atom. The fourth-order valence-corrected chi connectivity index (χ4v) is 5.32. The molecule has 0 radical (unpaired) electrons. The van der Waals surface area contributed by atoms with E-state index in [-0.39, 0.29) is 17.5 Å². The van der Waals surface area contributed by atoms with E-state index >= 15 is 0 Å². The Morgan fingerprint density at radius 1 is 0.875 bits per heavy atom. The summed E-state index contributed by atoms with van der Waals surface area (Å²) in [7, 11) is 0. The molecule has 0 aliphatic carbocycles. The number of halogens is 3. The molecule has 5 rings (SSSR count). The van der Waals surface area contributed by atoms with Gasteiger partial charge in [-0.2, -0.15) is 0 Å². The Morgan fingerprint density at radius 3 is 2.34 bits per heavy atom. The molecule has 0 saturated heterocycles. The predicted octanol–water partition coefficient (Wildman–Crippen LogP) is 6.84. The van der Waals surface area contributed by atoms with Crippen molar-refractivity contribution >= 4 is 22.7 Å². The molecule has 3 aromatic carbocycles. The molecule has 2 heterocycles. The number of rotatable bonds is 6. The number of H-pyrrole nitrogens is 1. The van der Waals surface area contributed by atoms with Crippen LogP contribution in [0.3, 0.4) is 0 Å². The molecule has 0 fully saturated rings. The predicted molar refractivity (Wildman–Crippen MR) is 124 cm³/mol. The van der Waals surface area contributed by atoms with Crippen LogP contribution in [0.1, 0.15) is 24.1 Å². The summed E-state index contributed by atoms with van der Waals surface area (Å²) in [5, 5.41) is 4.48. The average molecular weight is 453 g/mol. The molecule has 1 aromatic heterocycles. The zero-order chi connectivity index (χ0) is 22.1. The minimum atomic E-state index is -0.287. The molecule has 164 valence electrons. The van der Waals surface area contributed by atoms with E-state index in [1.807, 2.05) is 12.1 Å². The number of aromatic nitrogens is 1. The molecule has 32 heavy (non-hydrogen) atoms. The van der Waals surface area contributed by atoms with E-state index in [0.717, 1.165) is 57.7 Å². The van der Waals surface area contributed by atoms with Crippen molar-refractivity contribution in [2.75, 3.05) is 5.75 Å². The molecule has 4 aromatic rings. The molecule has 0 bridgehead atoms. The highest BCUT2D eigenvalue weighted by molar-refractivity contribution is 7.99. The Kier molecular flexibility index (Phi) is 5.98. The molecule has 0 saturated carbocycles. The van der Waals surface area contributed by atoms with E-state index in [4.69, 9.17) is 0 Å². The SMILES string of the molecule is Fc1ccc(SCCCC2Cc3[nH]c4c(F)ccc(-c5ccc(F)cc5)c4c3CN2)cc1. The molecule has 0 spiro atoms. The third-order valence-corrected chi connectivity index (χ3v) is 7.15. The summed E-state index contributed by atoms with van der Waals surface area (Å²) < 4.78 is 41.0. The average Bonchev–Trinajstić information content (AvgIpc) is 3.19. The van der Waals surface area contributed by atoms with Crippen LogP contribution in [0.2, 0.25) is 0 Å². The van der Waals surface area contributed by atoms with Gasteiger partial charge >= 0.3 is 0 Å². The molecule has 0 amide bonds. The molecule has 2 N–H and O–H groups in total. The first-order valence-electron chi connectivity index (χ1n) is 10.8. The van der Waals surface area contributed by atoms with Crippen molar-refractivity contribution in [3.63, 3.8) is 0 Å². The van der Waals surface area contributed by atoms with Gasteiger partial charge in [0.2, 0.25) is 0 Å². The highest BCUT2D eigenvalue weighted by Gasteiger charge is 2.24. The van der Waals surface area contributed by atoms with E-state index in [2.05, 4.69) is 10.3 Å². The van der Waals surface area contributed by atoms with E-state index in [1.54, 1.807) is 30.0 Å². The van der Waals surface area contributed by atoms with Gasteiger partial charge in [0.25, 0.3) is 0 Å². The first-order valence-corrected chi connectivity index (χ1v) is 11.8. The Labute approximate surface area is 189 Å². The minimum Gasteiger partial charge on any atom is -0.356 e. The molecule has 1 aliphatic heterocycles. The van der Waals surface area contributed by atoms with Crippen molar-refractivity contribution in [1.82, 2.24) is 10.3 Å². The largest absolute Gasteiger partial charge is 0.356 e. The fourth-order valence-electron chi connectivity index (χ4n) is 4.45. The van der Waals surface area contributed by atoms with E-state index in [1.165, 1.54) is 30.3 Å². The summed E-state index contributed by atoms with van der Waals surface area (Å²) in [4.78, 5) is 4.40. The van der Waals surface area contributed by atoms with Crippen molar-refractivity contribution in [3.05, 3.63) is 89.4 Å². The molecule has 1 aliphatic rings. The number of nitrogens with one attached hydrogen (secondary N) is 2. The smallest absolute Gasteiger partial charge is 0.147 e. The van der Waals surface area contributed by atoms with Gasteiger partial charge in [0.15, 0.2) is 0 Å². The van der Waals surface area contributed by atoms with Gasteiger partial charge in [-0.15, -0.1) is 11.8 Å². The van der Waals surface area contributed by atoms with E-state index < -0.39 is 0 Å². The van der Waals surface area contributed by atoms with Crippen molar-refractivity contribution in [3.8, 4) is 11.1 Å². The Balaban J connectivity index is 1.30. The fraction of sp³-hybridized carbons (Fsp3) is 0.231. The number of hydrogen-bond donors (Lipinski definition) is 2. The Bertz CT molecular complexity index is 1230. The second-order valence-electron chi connectivity index (χ2n) is 8.16. The summed E-state index contributed by atoms with van der Waals surface area (Å²) in [5.74, 6) is 0.193. The van der Waals surface area contributed by atoms with Crippen LogP contribution in [0.4, 0.5) is 13.2 Å². The van der Waals surface area contributed by atoms with E-state index in [9.17, 15) is 13.2 Å². The lowest BCUT2D eigenvalue weighted by atomic mass is 9.94.